The van der Waals surface area contributed by atoms with Gasteiger partial charge in [0.25, 0.3) is 0 Å². The molecule has 6 nitrogen and oxygen atoms in total. The molecule has 2 amide bonds. The van der Waals surface area contributed by atoms with Gasteiger partial charge in [0.2, 0.25) is 5.91 Å². The molecule has 0 fully saturated rings. The lowest BCUT2D eigenvalue weighted by Crippen LogP contribution is -2.31. The van der Waals surface area contributed by atoms with Crippen LogP contribution < -0.4 is 10.7 Å². The quantitative estimate of drug-likeness (QED) is 0.854. The number of hydrogen-bond donors (Lipinski definition) is 2. The van der Waals surface area contributed by atoms with E-state index in [-0.39, 0.29) is 18.4 Å². The van der Waals surface area contributed by atoms with E-state index in [1.807, 2.05) is 25.1 Å². The van der Waals surface area contributed by atoms with E-state index in [0.717, 1.165) is 16.8 Å². The average molecular weight is 372 g/mol. The smallest absolute Gasteiger partial charge is 0.411 e. The number of amides is 2. The molecular formula is C19H18ClN3O3. The van der Waals surface area contributed by atoms with E-state index < -0.39 is 6.09 Å². The Hall–Kier alpha value is -2.86. The van der Waals surface area contributed by atoms with Gasteiger partial charge in [-0.3, -0.25) is 10.1 Å². The van der Waals surface area contributed by atoms with E-state index in [9.17, 15) is 9.59 Å². The summed E-state index contributed by atoms with van der Waals surface area (Å²) in [6, 6.07) is 14.4. The van der Waals surface area contributed by atoms with E-state index in [4.69, 9.17) is 16.3 Å². The van der Waals surface area contributed by atoms with E-state index in [2.05, 4.69) is 15.8 Å². The van der Waals surface area contributed by atoms with Crippen molar-refractivity contribution < 1.29 is 14.3 Å². The molecule has 0 aliphatic carbocycles. The molecule has 2 aromatic carbocycles. The van der Waals surface area contributed by atoms with Crippen LogP contribution in [0.2, 0.25) is 5.02 Å². The Kier molecular flexibility index (Phi) is 5.53. The van der Waals surface area contributed by atoms with Crippen LogP contribution in [0.1, 0.15) is 24.5 Å². The van der Waals surface area contributed by atoms with E-state index >= 15 is 0 Å². The standard InChI is InChI=1S/C19H18ClN3O3/c1-12-9-17(24)22-23-18(12)14-5-7-16(8-6-14)21-19(25)26-11-13-3-2-4-15(20)10-13/h2-8,10,12H,9,11H2,1H3,(H,21,25)(H,22,24). The average Bonchev–Trinajstić information content (AvgIpc) is 2.61. The third-order valence-corrected chi connectivity index (χ3v) is 4.18. The van der Waals surface area contributed by atoms with Crippen LogP contribution in [0.3, 0.4) is 0 Å². The molecule has 0 bridgehead atoms. The largest absolute Gasteiger partial charge is 0.444 e. The second-order valence-electron chi connectivity index (χ2n) is 6.05. The predicted octanol–water partition coefficient (Wildman–Crippen LogP) is 3.95. The van der Waals surface area contributed by atoms with Crippen LogP contribution in [0.25, 0.3) is 0 Å². The molecule has 0 saturated heterocycles. The number of nitrogens with zero attached hydrogens (tertiary/aromatic N) is 1. The zero-order valence-corrected chi connectivity index (χ0v) is 14.9. The summed E-state index contributed by atoms with van der Waals surface area (Å²) in [5.41, 5.74) is 5.63. The van der Waals surface area contributed by atoms with Crippen LogP contribution >= 0.6 is 11.6 Å². The van der Waals surface area contributed by atoms with Gasteiger partial charge in [0.1, 0.15) is 6.61 Å². The van der Waals surface area contributed by atoms with Gasteiger partial charge in [-0.25, -0.2) is 10.2 Å². The van der Waals surface area contributed by atoms with Crippen LogP contribution in [-0.4, -0.2) is 17.7 Å². The van der Waals surface area contributed by atoms with Gasteiger partial charge in [-0.05, 0) is 35.4 Å². The van der Waals surface area contributed by atoms with Crippen molar-refractivity contribution in [2.75, 3.05) is 5.32 Å². The Bertz CT molecular complexity index is 849. The molecule has 1 aliphatic rings. The Morgan fingerprint density at radius 3 is 2.77 bits per heavy atom. The van der Waals surface area contributed by atoms with Crippen molar-refractivity contribution in [1.82, 2.24) is 5.43 Å². The minimum Gasteiger partial charge on any atom is -0.444 e. The fraction of sp³-hybridized carbons (Fsp3) is 0.211. The summed E-state index contributed by atoms with van der Waals surface area (Å²) >= 11 is 5.90. The van der Waals surface area contributed by atoms with Crippen molar-refractivity contribution in [3.63, 3.8) is 0 Å². The zero-order valence-electron chi connectivity index (χ0n) is 14.2. The lowest BCUT2D eigenvalue weighted by Gasteiger charge is -2.19. The van der Waals surface area contributed by atoms with Crippen molar-refractivity contribution in [3.8, 4) is 0 Å². The van der Waals surface area contributed by atoms with Crippen LogP contribution in [-0.2, 0) is 16.1 Å². The highest BCUT2D eigenvalue weighted by Gasteiger charge is 2.21. The number of halogens is 1. The van der Waals surface area contributed by atoms with Crippen LogP contribution in [0.15, 0.2) is 53.6 Å². The first-order valence-electron chi connectivity index (χ1n) is 8.16. The molecule has 2 aromatic rings. The maximum absolute atomic E-state index is 11.9. The maximum Gasteiger partial charge on any atom is 0.411 e. The van der Waals surface area contributed by atoms with E-state index in [0.29, 0.717) is 17.1 Å². The molecule has 0 saturated carbocycles. The minimum absolute atomic E-state index is 0.0465. The monoisotopic (exact) mass is 371 g/mol. The predicted molar refractivity (Wildman–Crippen MR) is 100 cm³/mol. The lowest BCUT2D eigenvalue weighted by molar-refractivity contribution is -0.121. The van der Waals surface area contributed by atoms with Gasteiger partial charge < -0.3 is 4.74 Å². The highest BCUT2D eigenvalue weighted by Crippen LogP contribution is 2.19. The summed E-state index contributed by atoms with van der Waals surface area (Å²) < 4.78 is 5.18. The lowest BCUT2D eigenvalue weighted by atomic mass is 9.94. The molecule has 1 atom stereocenters. The highest BCUT2D eigenvalue weighted by atomic mass is 35.5. The van der Waals surface area contributed by atoms with Gasteiger partial charge in [0, 0.05) is 23.0 Å². The van der Waals surface area contributed by atoms with Crippen molar-refractivity contribution in [2.45, 2.75) is 20.0 Å². The number of rotatable bonds is 4. The third-order valence-electron chi connectivity index (χ3n) is 3.95. The van der Waals surface area contributed by atoms with Gasteiger partial charge in [0.05, 0.1) is 5.71 Å². The number of nitrogens with one attached hydrogen (secondary N) is 2. The summed E-state index contributed by atoms with van der Waals surface area (Å²) in [6.07, 6.45) is -0.136. The first-order chi connectivity index (χ1) is 12.5. The van der Waals surface area contributed by atoms with Crippen LogP contribution in [0.5, 0.6) is 0 Å². The molecule has 3 rings (SSSR count). The normalized spacial score (nSPS) is 16.5. The number of carbonyl (C=O) groups excluding carboxylic acids is 2. The van der Waals surface area contributed by atoms with Crippen molar-refractivity contribution in [3.05, 3.63) is 64.7 Å². The van der Waals surface area contributed by atoms with Crippen LogP contribution in [0, 0.1) is 5.92 Å². The Morgan fingerprint density at radius 2 is 2.08 bits per heavy atom. The molecule has 0 spiro atoms. The molecule has 0 aromatic heterocycles. The molecule has 1 heterocycles. The topological polar surface area (TPSA) is 79.8 Å². The summed E-state index contributed by atoms with van der Waals surface area (Å²) in [5, 5.41) is 7.38. The second-order valence-corrected chi connectivity index (χ2v) is 6.48. The maximum atomic E-state index is 11.9. The first-order valence-corrected chi connectivity index (χ1v) is 8.54. The molecular weight excluding hydrogens is 354 g/mol. The van der Waals surface area contributed by atoms with E-state index in [1.54, 1.807) is 30.3 Å². The first kappa shape index (κ1) is 17.9. The zero-order chi connectivity index (χ0) is 18.5. The molecule has 134 valence electrons. The molecule has 26 heavy (non-hydrogen) atoms. The minimum atomic E-state index is -0.548. The number of hydrogen-bond acceptors (Lipinski definition) is 4. The van der Waals surface area contributed by atoms with Gasteiger partial charge in [0.15, 0.2) is 0 Å². The number of anilines is 1. The third kappa shape index (κ3) is 4.61. The number of carbonyl (C=O) groups is 2. The summed E-state index contributed by atoms with van der Waals surface area (Å²) in [4.78, 5) is 23.2. The Labute approximate surface area is 156 Å². The molecule has 0 radical (unpaired) electrons. The van der Waals surface area contributed by atoms with Gasteiger partial charge in [-0.1, -0.05) is 42.8 Å². The Balaban J connectivity index is 1.57. The van der Waals surface area contributed by atoms with Crippen molar-refractivity contribution in [2.24, 2.45) is 11.0 Å². The molecule has 1 aliphatic heterocycles. The molecule has 2 N–H and O–H groups in total. The van der Waals surface area contributed by atoms with Crippen molar-refractivity contribution >= 4 is 35.0 Å². The highest BCUT2D eigenvalue weighted by molar-refractivity contribution is 6.30. The number of hydrazone groups is 1. The number of ether oxygens (including phenoxy) is 1. The summed E-state index contributed by atoms with van der Waals surface area (Å²) in [5.74, 6) is -0.0350. The summed E-state index contributed by atoms with van der Waals surface area (Å²) in [7, 11) is 0. The molecule has 1 unspecified atom stereocenters. The van der Waals surface area contributed by atoms with Crippen LogP contribution in [0.4, 0.5) is 10.5 Å². The second kappa shape index (κ2) is 8.01. The SMILES string of the molecule is CC1CC(=O)NN=C1c1ccc(NC(=O)OCc2cccc(Cl)c2)cc1. The van der Waals surface area contributed by atoms with Gasteiger partial charge >= 0.3 is 6.09 Å². The van der Waals surface area contributed by atoms with E-state index in [1.165, 1.54) is 0 Å². The molecule has 7 heteroatoms. The fourth-order valence-corrected chi connectivity index (χ4v) is 2.87. The summed E-state index contributed by atoms with van der Waals surface area (Å²) in [6.45, 7) is 2.09. The van der Waals surface area contributed by atoms with Gasteiger partial charge in [-0.2, -0.15) is 5.10 Å². The van der Waals surface area contributed by atoms with Gasteiger partial charge in [-0.15, -0.1) is 0 Å². The van der Waals surface area contributed by atoms with Crippen molar-refractivity contribution in [1.29, 1.82) is 0 Å². The fourth-order valence-electron chi connectivity index (χ4n) is 2.66. The number of benzene rings is 2. The Morgan fingerprint density at radius 1 is 1.31 bits per heavy atom.